The molecule has 0 unspecified atom stereocenters. The molecule has 0 saturated carbocycles. The fraction of sp³-hybridized carbons (Fsp3) is 0.0470. The molecule has 26 aromatic carbocycles. The maximum Gasteiger partial charge on any atom is -0.00135 e. The second-order valence-corrected chi connectivity index (χ2v) is 40.3. The summed E-state index contributed by atoms with van der Waals surface area (Å²) in [6, 6.07) is 195. The number of hydrogen-bond donors (Lipinski definition) is 0. The third-order valence-corrected chi connectivity index (χ3v) is 31.7. The molecule has 0 amide bonds. The maximum atomic E-state index is 2.47. The Morgan fingerprint density at radius 2 is 0.450 bits per heavy atom. The minimum atomic E-state index is 0.966. The van der Waals surface area contributed by atoms with Crippen LogP contribution >= 0.6 is 0 Å². The molecule has 26 aromatic rings. The SMILES string of the molecule is C1=C(c2ccc(-c3ccc4c(-c5ccc(-c6ccccc6)cc5)c5ccccc5c(-c5ccc6ccccc6c5)c4c3)cc2)CCCC1.C1=C(c2ccc(-c3ccc4c(-c5ccc(-c6ccccc6)cc5)c5ccccc5c(-c5ccccc5)c4c3)cc2)CCc2ccccc21.C1=C(c2cccc3c(-c4ccc5c(-c6cccc7ccccc67)c6ccccc6c(-c6cccc7ccccc67)c5c4)cccc23)Cc2ccccc21. The van der Waals surface area contributed by atoms with Crippen LogP contribution in [0, 0.1) is 0 Å². The topological polar surface area (TPSA) is 0 Å². The summed E-state index contributed by atoms with van der Waals surface area (Å²) in [6.07, 6.45) is 15.3. The van der Waals surface area contributed by atoms with Crippen LogP contribution in [0.5, 0.6) is 0 Å². The lowest BCUT2D eigenvalue weighted by atomic mass is 9.82. The summed E-state index contributed by atoms with van der Waals surface area (Å²) in [5.74, 6) is 0. The molecule has 0 saturated heterocycles. The summed E-state index contributed by atoms with van der Waals surface area (Å²) < 4.78 is 0. The summed E-state index contributed by atoms with van der Waals surface area (Å²) in [7, 11) is 0. The van der Waals surface area contributed by atoms with Crippen LogP contribution in [0.25, 0.3) is 259 Å². The van der Waals surface area contributed by atoms with E-state index in [1.807, 2.05) is 0 Å². The van der Waals surface area contributed by atoms with Gasteiger partial charge < -0.3 is 0 Å². The fourth-order valence-electron chi connectivity index (χ4n) is 24.5. The molecule has 0 aliphatic heterocycles. The van der Waals surface area contributed by atoms with Crippen molar-refractivity contribution in [2.45, 2.75) is 44.9 Å². The van der Waals surface area contributed by atoms with Crippen molar-refractivity contribution >= 4 is 137 Å². The van der Waals surface area contributed by atoms with Crippen LogP contribution in [0.15, 0.2) is 534 Å². The molecule has 0 N–H and O–H groups in total. The van der Waals surface area contributed by atoms with E-state index >= 15 is 0 Å². The summed E-state index contributed by atoms with van der Waals surface area (Å²) in [6.45, 7) is 0. The first-order valence-electron chi connectivity index (χ1n) is 52.7. The third-order valence-electron chi connectivity index (χ3n) is 31.7. The van der Waals surface area contributed by atoms with E-state index in [1.54, 1.807) is 0 Å². The summed E-state index contributed by atoms with van der Waals surface area (Å²) in [5, 5.41) is 25.4. The highest BCUT2D eigenvalue weighted by Crippen LogP contribution is 2.53. The Hall–Kier alpha value is -18.5. The fourth-order valence-corrected chi connectivity index (χ4v) is 24.5. The standard InChI is InChI=1S/C53H34.C48H34.C48H36/c1-2-16-37-32-39(31-36(37)15-1)43-24-12-25-44-42(23-11-26-45(43)44)38-29-30-50-51(33-38)53(47-28-10-18-35-14-4-6-20-41(35)47)49-22-8-7-21-48(49)52(50)46-27-9-17-34-13-3-5-19-40(34)46;1-3-11-33(12-4-1)35-23-26-39(27-24-35)47-43-17-9-10-18-44(43)48(38-14-5-2-6-15-38)46-32-42(29-30-45(46)47)37-21-19-36(20-22-37)41-28-25-34-13-7-8-16-40(34)31-41;1-3-11-33(12-4-1)36-19-21-38(22-20-36)41-29-30-45-46(32-41)48(42-28-25-35-15-7-8-16-40(35)31-42)44-18-10-9-17-43(44)47(45)39-26-23-37(24-27-39)34-13-5-2-6-14-34/h1-31,33H,32H2;1-24,26-27,29-32H,25,28H2;2,5-11,13-32H,1,3-4,12H2. The number of hydrogen-bond acceptors (Lipinski definition) is 0. The minimum Gasteiger partial charge on any atom is -0.0807 e. The van der Waals surface area contributed by atoms with E-state index in [-0.39, 0.29) is 0 Å². The number of rotatable bonds is 14. The van der Waals surface area contributed by atoms with Gasteiger partial charge in [0.1, 0.15) is 0 Å². The zero-order valence-electron chi connectivity index (χ0n) is 82.9. The van der Waals surface area contributed by atoms with E-state index in [1.165, 1.54) is 311 Å². The van der Waals surface area contributed by atoms with Gasteiger partial charge in [-0.25, -0.2) is 0 Å². The van der Waals surface area contributed by atoms with Crippen molar-refractivity contribution in [3.8, 4) is 122 Å². The Morgan fingerprint density at radius 3 is 0.973 bits per heavy atom. The monoisotopic (exact) mass is 1890 g/mol. The second-order valence-electron chi connectivity index (χ2n) is 40.3. The van der Waals surface area contributed by atoms with Gasteiger partial charge in [-0.3, -0.25) is 0 Å². The molecule has 3 aliphatic rings. The van der Waals surface area contributed by atoms with Crippen LogP contribution < -0.4 is 0 Å². The van der Waals surface area contributed by atoms with Gasteiger partial charge >= 0.3 is 0 Å². The van der Waals surface area contributed by atoms with E-state index in [0.717, 1.165) is 19.3 Å². The summed E-state index contributed by atoms with van der Waals surface area (Å²) in [5.41, 5.74) is 41.4. The van der Waals surface area contributed by atoms with Crippen molar-refractivity contribution < 1.29 is 0 Å². The summed E-state index contributed by atoms with van der Waals surface area (Å²) >= 11 is 0. The molecular weight excluding hydrogens is 1790 g/mol. The van der Waals surface area contributed by atoms with Crippen LogP contribution in [0.1, 0.15) is 71.0 Å². The largest absolute Gasteiger partial charge is 0.0807 e. The first-order chi connectivity index (χ1) is 73.9. The molecule has 0 radical (unpaired) electrons. The Kier molecular flexibility index (Phi) is 23.3. The van der Waals surface area contributed by atoms with Gasteiger partial charge in [0.05, 0.1) is 0 Å². The lowest BCUT2D eigenvalue weighted by Crippen LogP contribution is -1.98. The zero-order valence-corrected chi connectivity index (χ0v) is 82.9. The first-order valence-corrected chi connectivity index (χ1v) is 52.7. The number of allylic oxidation sites excluding steroid dienone is 4. The smallest absolute Gasteiger partial charge is 0.00135 e. The summed E-state index contributed by atoms with van der Waals surface area (Å²) in [4.78, 5) is 0. The Labute approximate surface area is 870 Å². The average Bonchev–Trinajstić information content (AvgIpc) is 1.60. The number of fused-ring (bicyclic) bond motifs is 12. The molecule has 0 heteroatoms. The van der Waals surface area contributed by atoms with Gasteiger partial charge in [0.2, 0.25) is 0 Å². The van der Waals surface area contributed by atoms with Crippen molar-refractivity contribution in [1.82, 2.24) is 0 Å². The van der Waals surface area contributed by atoms with Crippen molar-refractivity contribution in [2.75, 3.05) is 0 Å². The highest BCUT2D eigenvalue weighted by Gasteiger charge is 2.27. The minimum absolute atomic E-state index is 0.966. The molecule has 700 valence electrons. The molecule has 3 aliphatic carbocycles. The van der Waals surface area contributed by atoms with E-state index in [0.29, 0.717) is 0 Å². The highest BCUT2D eigenvalue weighted by atomic mass is 14.3. The van der Waals surface area contributed by atoms with Crippen molar-refractivity contribution in [2.24, 2.45) is 0 Å². The quantitative estimate of drug-likeness (QED) is 0.0952. The van der Waals surface area contributed by atoms with E-state index in [2.05, 4.69) is 546 Å². The molecule has 29 rings (SSSR count). The van der Waals surface area contributed by atoms with E-state index in [4.69, 9.17) is 0 Å². The predicted molar refractivity (Wildman–Crippen MR) is 641 cm³/mol. The van der Waals surface area contributed by atoms with Crippen molar-refractivity contribution in [1.29, 1.82) is 0 Å². The first kappa shape index (κ1) is 89.4. The highest BCUT2D eigenvalue weighted by molar-refractivity contribution is 6.28. The Morgan fingerprint density at radius 1 is 0.134 bits per heavy atom. The van der Waals surface area contributed by atoms with Crippen molar-refractivity contribution in [3.05, 3.63) is 573 Å². The average molecular weight is 1890 g/mol. The molecule has 0 bridgehead atoms. The van der Waals surface area contributed by atoms with Crippen LogP contribution in [0.3, 0.4) is 0 Å². The van der Waals surface area contributed by atoms with Crippen LogP contribution in [0.4, 0.5) is 0 Å². The van der Waals surface area contributed by atoms with E-state index in [9.17, 15) is 0 Å². The molecular formula is C149H104. The van der Waals surface area contributed by atoms with Gasteiger partial charge in [-0.15, -0.1) is 0 Å². The maximum absolute atomic E-state index is 2.47. The molecule has 0 spiro atoms. The van der Waals surface area contributed by atoms with Gasteiger partial charge in [0, 0.05) is 0 Å². The molecule has 0 atom stereocenters. The van der Waals surface area contributed by atoms with Gasteiger partial charge in [-0.2, -0.15) is 0 Å². The second kappa shape index (κ2) is 38.9. The molecule has 0 nitrogen and oxygen atoms in total. The van der Waals surface area contributed by atoms with Gasteiger partial charge in [0.15, 0.2) is 0 Å². The number of aryl methyl sites for hydroxylation is 1. The predicted octanol–water partition coefficient (Wildman–Crippen LogP) is 41.5. The number of benzene rings is 26. The lowest BCUT2D eigenvalue weighted by Gasteiger charge is -2.21. The Balaban J connectivity index is 0.000000110. The van der Waals surface area contributed by atoms with Gasteiger partial charge in [-0.1, -0.05) is 522 Å². The molecule has 149 heavy (non-hydrogen) atoms. The molecule has 0 heterocycles. The van der Waals surface area contributed by atoms with Crippen LogP contribution in [-0.2, 0) is 12.8 Å². The zero-order chi connectivity index (χ0) is 98.6. The van der Waals surface area contributed by atoms with Gasteiger partial charge in [0.25, 0.3) is 0 Å². The molecule has 0 fully saturated rings. The Bertz CT molecular complexity index is 9830. The van der Waals surface area contributed by atoms with Crippen LogP contribution in [-0.4, -0.2) is 0 Å². The van der Waals surface area contributed by atoms with E-state index < -0.39 is 0 Å². The van der Waals surface area contributed by atoms with Crippen molar-refractivity contribution in [3.63, 3.8) is 0 Å². The normalized spacial score (nSPS) is 12.8. The third kappa shape index (κ3) is 16.8. The van der Waals surface area contributed by atoms with Gasteiger partial charge in [-0.05, 0) is 355 Å². The molecule has 0 aromatic heterocycles. The lowest BCUT2D eigenvalue weighted by molar-refractivity contribution is 0.742. The van der Waals surface area contributed by atoms with Crippen LogP contribution in [0.2, 0.25) is 0 Å².